The van der Waals surface area contributed by atoms with Gasteiger partial charge < -0.3 is 4.98 Å². The normalized spacial score (nSPS) is 24.2. The highest BCUT2D eigenvalue weighted by Gasteiger charge is 2.56. The van der Waals surface area contributed by atoms with Crippen molar-refractivity contribution in [3.05, 3.63) is 65.7 Å². The number of carbonyl (C=O) groups excluding carboxylic acids is 2. The predicted octanol–water partition coefficient (Wildman–Crippen LogP) is 4.06. The smallest absolute Gasteiger partial charge is 0.305 e. The van der Waals surface area contributed by atoms with E-state index in [1.807, 2.05) is 29.6 Å². The third-order valence-electron chi connectivity index (χ3n) is 4.76. The highest BCUT2D eigenvalue weighted by molar-refractivity contribution is 9.10. The molecular weight excluding hydrogens is 468 g/mol. The molecule has 136 valence electrons. The molecule has 0 aliphatic carbocycles. The summed E-state index contributed by atoms with van der Waals surface area (Å²) in [4.78, 5) is 44.3. The fraction of sp³-hybridized carbons (Fsp3) is 0.167. The maximum absolute atomic E-state index is 13.4. The molecule has 0 unspecified atom stereocenters. The Hall–Kier alpha value is -1.68. The van der Waals surface area contributed by atoms with Gasteiger partial charge in [-0.1, -0.05) is 45.1 Å². The maximum Gasteiger partial charge on any atom is 0.305 e. The van der Waals surface area contributed by atoms with Gasteiger partial charge in [-0.3, -0.25) is 14.4 Å². The van der Waals surface area contributed by atoms with Crippen LogP contribution in [0.4, 0.5) is 5.69 Å². The van der Waals surface area contributed by atoms with E-state index in [1.165, 1.54) is 16.7 Å². The van der Waals surface area contributed by atoms with Crippen LogP contribution in [0.15, 0.2) is 56.1 Å². The molecule has 2 aromatic heterocycles. The molecule has 1 saturated heterocycles. The van der Waals surface area contributed by atoms with E-state index in [2.05, 4.69) is 20.9 Å². The number of hydrogen-bond acceptors (Lipinski definition) is 6. The Morgan fingerprint density at radius 1 is 1.04 bits per heavy atom. The average molecular weight is 479 g/mol. The van der Waals surface area contributed by atoms with Crippen LogP contribution < -0.4 is 9.77 Å². The van der Waals surface area contributed by atoms with Gasteiger partial charge in [0.2, 0.25) is 11.8 Å². The molecule has 27 heavy (non-hydrogen) atoms. The molecule has 0 bridgehead atoms. The summed E-state index contributed by atoms with van der Waals surface area (Å²) in [6.07, 6.45) is 0. The van der Waals surface area contributed by atoms with E-state index in [9.17, 15) is 14.4 Å². The number of nitrogens with one attached hydrogen (secondary N) is 1. The van der Waals surface area contributed by atoms with E-state index in [1.54, 1.807) is 23.5 Å². The second-order valence-corrected chi connectivity index (χ2v) is 10.3. The van der Waals surface area contributed by atoms with Crippen molar-refractivity contribution in [2.75, 3.05) is 4.90 Å². The Balaban J connectivity index is 1.64. The van der Waals surface area contributed by atoms with Crippen LogP contribution in [0.25, 0.3) is 0 Å². The van der Waals surface area contributed by atoms with Crippen molar-refractivity contribution in [2.24, 2.45) is 5.92 Å². The lowest BCUT2D eigenvalue weighted by atomic mass is 9.87. The Kier molecular flexibility index (Phi) is 4.15. The zero-order valence-electron chi connectivity index (χ0n) is 13.5. The third-order valence-corrected chi connectivity index (χ3v) is 8.64. The summed E-state index contributed by atoms with van der Waals surface area (Å²) in [6.45, 7) is 0. The van der Waals surface area contributed by atoms with Crippen LogP contribution in [0.3, 0.4) is 0 Å². The molecule has 1 aromatic carbocycles. The van der Waals surface area contributed by atoms with Gasteiger partial charge in [0, 0.05) is 20.1 Å². The van der Waals surface area contributed by atoms with Gasteiger partial charge >= 0.3 is 4.87 Å². The van der Waals surface area contributed by atoms with Gasteiger partial charge in [0.1, 0.15) is 5.25 Å². The minimum Gasteiger partial charge on any atom is -0.307 e. The zero-order valence-corrected chi connectivity index (χ0v) is 17.6. The van der Waals surface area contributed by atoms with Gasteiger partial charge in [-0.2, -0.15) is 0 Å². The zero-order chi connectivity index (χ0) is 18.7. The number of aromatic amines is 1. The molecule has 0 radical (unpaired) electrons. The van der Waals surface area contributed by atoms with Crippen molar-refractivity contribution >= 4 is 67.9 Å². The van der Waals surface area contributed by atoms with Crippen molar-refractivity contribution in [1.82, 2.24) is 4.98 Å². The third kappa shape index (κ3) is 2.67. The number of rotatable bonds is 2. The van der Waals surface area contributed by atoms with E-state index in [0.717, 1.165) is 25.6 Å². The van der Waals surface area contributed by atoms with Crippen LogP contribution in [0.1, 0.15) is 15.7 Å². The number of fused-ring (bicyclic) bond motifs is 2. The van der Waals surface area contributed by atoms with E-state index >= 15 is 0 Å². The number of thioether (sulfide) groups is 1. The Morgan fingerprint density at radius 2 is 1.81 bits per heavy atom. The molecule has 2 aliphatic rings. The van der Waals surface area contributed by atoms with Crippen LogP contribution in [0.2, 0.25) is 0 Å². The van der Waals surface area contributed by atoms with Gasteiger partial charge in [0.05, 0.1) is 16.6 Å². The van der Waals surface area contributed by atoms with Gasteiger partial charge in [-0.15, -0.1) is 11.3 Å². The Morgan fingerprint density at radius 3 is 2.52 bits per heavy atom. The monoisotopic (exact) mass is 478 g/mol. The lowest BCUT2D eigenvalue weighted by Crippen LogP contribution is -2.32. The first kappa shape index (κ1) is 17.4. The summed E-state index contributed by atoms with van der Waals surface area (Å²) in [6, 6.07) is 11.1. The summed E-state index contributed by atoms with van der Waals surface area (Å²) < 4.78 is 0.883. The molecule has 1 N–H and O–H groups in total. The number of benzene rings is 1. The SMILES string of the molecule is O=C1[C@H]2[C@H](c3cccs3)c3sc(=O)[nH]c3S[C@H]2C(=O)N1c1ccc(Br)cc1. The number of thiazole rings is 1. The molecule has 9 heteroatoms. The van der Waals surface area contributed by atoms with E-state index in [-0.39, 0.29) is 22.6 Å². The van der Waals surface area contributed by atoms with Crippen molar-refractivity contribution in [1.29, 1.82) is 0 Å². The molecule has 0 spiro atoms. The number of nitrogens with zero attached hydrogens (tertiary/aromatic N) is 1. The highest BCUT2D eigenvalue weighted by atomic mass is 79.9. The molecule has 3 aromatic rings. The lowest BCUT2D eigenvalue weighted by Gasteiger charge is -2.28. The number of amides is 2. The first-order valence-electron chi connectivity index (χ1n) is 8.11. The molecule has 5 rings (SSSR count). The quantitative estimate of drug-likeness (QED) is 0.563. The number of anilines is 1. The van der Waals surface area contributed by atoms with Gasteiger partial charge in [0.25, 0.3) is 0 Å². The maximum atomic E-state index is 13.4. The Labute approximate surface area is 174 Å². The molecule has 1 fully saturated rings. The molecule has 2 aliphatic heterocycles. The first-order chi connectivity index (χ1) is 13.0. The van der Waals surface area contributed by atoms with Gasteiger partial charge in [0.15, 0.2) is 0 Å². The lowest BCUT2D eigenvalue weighted by molar-refractivity contribution is -0.122. The van der Waals surface area contributed by atoms with Gasteiger partial charge in [-0.25, -0.2) is 4.90 Å². The Bertz CT molecular complexity index is 1100. The second-order valence-electron chi connectivity index (χ2n) is 6.25. The van der Waals surface area contributed by atoms with Crippen molar-refractivity contribution in [2.45, 2.75) is 16.2 Å². The molecule has 0 saturated carbocycles. The number of hydrogen-bond donors (Lipinski definition) is 1. The highest BCUT2D eigenvalue weighted by Crippen LogP contribution is 2.53. The number of carbonyl (C=O) groups is 2. The fourth-order valence-electron chi connectivity index (χ4n) is 3.64. The first-order valence-corrected chi connectivity index (χ1v) is 11.5. The van der Waals surface area contributed by atoms with Crippen LogP contribution in [-0.4, -0.2) is 22.0 Å². The minimum absolute atomic E-state index is 0.154. The standard InChI is InChI=1S/C18H11BrN2O3S3/c19-8-3-5-9(6-4-8)21-16(22)12-11(10-2-1-7-25-10)13-15(20-18(24)27-13)26-14(12)17(21)23/h1-7,11-12,14H,(H,20,24)/t11-,12-,14+/m0/s1. The van der Waals surface area contributed by atoms with Crippen LogP contribution >= 0.6 is 50.4 Å². The topological polar surface area (TPSA) is 70.2 Å². The summed E-state index contributed by atoms with van der Waals surface area (Å²) in [7, 11) is 0. The number of imide groups is 1. The van der Waals surface area contributed by atoms with Crippen LogP contribution in [0.5, 0.6) is 0 Å². The molecular formula is C18H11BrN2O3S3. The molecule has 4 heterocycles. The minimum atomic E-state index is -0.536. The summed E-state index contributed by atoms with van der Waals surface area (Å²) in [5, 5.41) is 2.13. The predicted molar refractivity (Wildman–Crippen MR) is 111 cm³/mol. The van der Waals surface area contributed by atoms with E-state index < -0.39 is 11.2 Å². The van der Waals surface area contributed by atoms with Crippen LogP contribution in [0, 0.1) is 5.92 Å². The number of thiophene rings is 1. The van der Waals surface area contributed by atoms with E-state index in [0.29, 0.717) is 10.7 Å². The molecule has 3 atom stereocenters. The number of aromatic nitrogens is 1. The van der Waals surface area contributed by atoms with Crippen molar-refractivity contribution in [3.8, 4) is 0 Å². The van der Waals surface area contributed by atoms with E-state index in [4.69, 9.17) is 0 Å². The average Bonchev–Trinajstić information content (AvgIpc) is 3.34. The largest absolute Gasteiger partial charge is 0.307 e. The fourth-order valence-corrected chi connectivity index (χ4v) is 7.36. The van der Waals surface area contributed by atoms with Crippen LogP contribution in [-0.2, 0) is 9.59 Å². The second kappa shape index (κ2) is 6.44. The van der Waals surface area contributed by atoms with Crippen molar-refractivity contribution < 1.29 is 9.59 Å². The summed E-state index contributed by atoms with van der Waals surface area (Å²) in [5.41, 5.74) is 0.574. The number of H-pyrrole nitrogens is 1. The molecule has 5 nitrogen and oxygen atoms in total. The van der Waals surface area contributed by atoms with Gasteiger partial charge in [-0.05, 0) is 35.7 Å². The summed E-state index contributed by atoms with van der Waals surface area (Å²) in [5.74, 6) is -1.21. The summed E-state index contributed by atoms with van der Waals surface area (Å²) >= 11 is 7.36. The van der Waals surface area contributed by atoms with Crippen molar-refractivity contribution in [3.63, 3.8) is 0 Å². The molecule has 2 amide bonds. The number of halogens is 1.